The highest BCUT2D eigenvalue weighted by Gasteiger charge is 2.75. The largest absolute Gasteiger partial charge is 0.477 e. The van der Waals surface area contributed by atoms with Gasteiger partial charge in [-0.05, 0) is 134 Å². The van der Waals surface area contributed by atoms with Gasteiger partial charge in [0.2, 0.25) is 0 Å². The zero-order valence-electron chi connectivity index (χ0n) is 37.0. The van der Waals surface area contributed by atoms with E-state index in [1.165, 1.54) is 25.7 Å². The Morgan fingerprint density at radius 3 is 1.47 bits per heavy atom. The average Bonchev–Trinajstić information content (AvgIpc) is 4.23. The van der Waals surface area contributed by atoms with Crippen molar-refractivity contribution >= 4 is 34.3 Å². The summed E-state index contributed by atoms with van der Waals surface area (Å²) in [5.41, 5.74) is 1.30. The molecule has 2 spiro atoms. The van der Waals surface area contributed by atoms with E-state index in [2.05, 4.69) is 9.80 Å². The molecule has 0 radical (unpaired) electrons. The molecular weight excluding hydrogens is 837 g/mol. The SMILES string of the molecule is O=C(Cc1cccc2c(CC(=O)Oc3ccc4c5c3O[C@H]3C(=O)CC[C@@]6(O)[C@@H](C4)N(CC4CC4)CC[C@]536)cccc12)Oc1ccc2c3c1O[C@H]1C(=O)CC[C@@]4(O)[C@@H](C2)N(CC2CC2)CC[C@]314. The van der Waals surface area contributed by atoms with E-state index in [1.807, 2.05) is 48.5 Å². The lowest BCUT2D eigenvalue weighted by molar-refractivity contribution is -0.188. The first-order valence-electron chi connectivity index (χ1n) is 24.5. The van der Waals surface area contributed by atoms with Crippen molar-refractivity contribution in [1.29, 1.82) is 0 Å². The molecular formula is C54H54N2O10. The lowest BCUT2D eigenvalue weighted by atomic mass is 9.49. The summed E-state index contributed by atoms with van der Waals surface area (Å²) in [5, 5.41) is 27.0. The summed E-state index contributed by atoms with van der Waals surface area (Å²) in [7, 11) is 0. The van der Waals surface area contributed by atoms with Crippen molar-refractivity contribution in [2.45, 2.75) is 136 Å². The van der Waals surface area contributed by atoms with Crippen LogP contribution in [0.5, 0.6) is 23.0 Å². The number of fused-ring (bicyclic) bond motifs is 1. The second-order valence-corrected chi connectivity index (χ2v) is 21.6. The van der Waals surface area contributed by atoms with Gasteiger partial charge in [-0.25, -0.2) is 0 Å². The van der Waals surface area contributed by atoms with Crippen LogP contribution in [0.4, 0.5) is 0 Å². The van der Waals surface area contributed by atoms with Crippen LogP contribution < -0.4 is 18.9 Å². The Morgan fingerprint density at radius 2 is 1.05 bits per heavy atom. The molecule has 0 unspecified atom stereocenters. The van der Waals surface area contributed by atoms with Gasteiger partial charge in [0.05, 0.1) is 34.9 Å². The van der Waals surface area contributed by atoms with Crippen LogP contribution in [-0.2, 0) is 55.7 Å². The van der Waals surface area contributed by atoms with Crippen molar-refractivity contribution in [1.82, 2.24) is 9.80 Å². The summed E-state index contributed by atoms with van der Waals surface area (Å²) in [4.78, 5) is 60.0. The molecule has 4 aliphatic heterocycles. The number of esters is 2. The van der Waals surface area contributed by atoms with Crippen molar-refractivity contribution in [3.63, 3.8) is 0 Å². The lowest BCUT2D eigenvalue weighted by Crippen LogP contribution is -2.76. The first-order chi connectivity index (χ1) is 32.0. The molecule has 2 saturated heterocycles. The molecule has 12 heteroatoms. The molecule has 340 valence electrons. The van der Waals surface area contributed by atoms with Gasteiger partial charge in [-0.1, -0.05) is 48.5 Å². The van der Waals surface area contributed by atoms with Gasteiger partial charge in [0.1, 0.15) is 0 Å². The van der Waals surface area contributed by atoms with E-state index in [1.54, 1.807) is 12.1 Å². The van der Waals surface area contributed by atoms with Crippen LogP contribution in [0, 0.1) is 11.8 Å². The second-order valence-electron chi connectivity index (χ2n) is 21.6. The fourth-order valence-electron chi connectivity index (χ4n) is 15.0. The van der Waals surface area contributed by atoms with Crippen molar-refractivity contribution < 1.29 is 48.3 Å². The highest BCUT2D eigenvalue weighted by Crippen LogP contribution is 2.67. The number of ether oxygens (including phenoxy) is 4. The number of Topliss-reactive ketones (excluding diaryl/α,β-unsaturated/α-hetero) is 2. The number of rotatable bonds is 10. The fourth-order valence-corrected chi connectivity index (χ4v) is 15.0. The standard InChI is InChI=1S/C54H54N2O10/c57-37-15-17-53(61)41-23-33-11-13-39(47-45(33)51(53,49(37)65-47)19-21-55(41)27-29-7-8-29)63-43(59)25-31-3-1-5-35-32(4-2-6-36(31)35)26-44(60)64-40-14-12-34-24-42-54(62)18-16-38(58)50-52(54,46(34)48(40)66-50)20-22-56(42)28-30-9-10-30/h1-6,11-14,29-30,41-42,49-50,61-62H,7-10,15-28H2/t41-,42-,49+,50+,51+,52+,53-,54-/m1/s1. The molecule has 66 heavy (non-hydrogen) atoms. The number of carbonyl (C=O) groups excluding carboxylic acids is 4. The molecule has 2 N–H and O–H groups in total. The number of nitrogens with zero attached hydrogens (tertiary/aromatic N) is 2. The van der Waals surface area contributed by atoms with Gasteiger partial charge >= 0.3 is 11.9 Å². The normalized spacial score (nSPS) is 34.3. The van der Waals surface area contributed by atoms with Gasteiger partial charge in [-0.2, -0.15) is 0 Å². The summed E-state index contributed by atoms with van der Waals surface area (Å²) in [6, 6.07) is 18.7. The lowest BCUT2D eigenvalue weighted by Gasteiger charge is -2.62. The number of carbonyl (C=O) groups is 4. The highest BCUT2D eigenvalue weighted by atomic mass is 16.6. The number of likely N-dealkylation sites (tertiary alicyclic amines) is 2. The maximum atomic E-state index is 13.9. The third-order valence-electron chi connectivity index (χ3n) is 18.3. The third kappa shape index (κ3) is 5.30. The molecule has 8 atom stereocenters. The second kappa shape index (κ2) is 13.7. The topological polar surface area (TPSA) is 152 Å². The summed E-state index contributed by atoms with van der Waals surface area (Å²) < 4.78 is 25.4. The number of hydrogen-bond acceptors (Lipinski definition) is 12. The molecule has 14 rings (SSSR count). The van der Waals surface area contributed by atoms with Gasteiger partial charge in [0.15, 0.2) is 46.8 Å². The number of hydrogen-bond donors (Lipinski definition) is 2. The molecule has 4 bridgehead atoms. The smallest absolute Gasteiger partial charge is 0.315 e. The van der Waals surface area contributed by atoms with E-state index < -0.39 is 46.2 Å². The van der Waals surface area contributed by atoms with Crippen LogP contribution in [0.25, 0.3) is 10.8 Å². The van der Waals surface area contributed by atoms with Crippen LogP contribution in [0.1, 0.15) is 97.6 Å². The van der Waals surface area contributed by atoms with Gasteiger partial charge in [-0.15, -0.1) is 0 Å². The molecule has 4 saturated carbocycles. The summed E-state index contributed by atoms with van der Waals surface area (Å²) in [5.74, 6) is 1.70. The fraction of sp³-hybridized carbons (Fsp3) is 0.519. The highest BCUT2D eigenvalue weighted by molar-refractivity contribution is 5.95. The van der Waals surface area contributed by atoms with Crippen LogP contribution in [0.3, 0.4) is 0 Å². The van der Waals surface area contributed by atoms with E-state index in [4.69, 9.17) is 18.9 Å². The van der Waals surface area contributed by atoms with Crippen LogP contribution in [-0.4, -0.2) is 105 Å². The first-order valence-corrected chi connectivity index (χ1v) is 24.5. The van der Waals surface area contributed by atoms with Crippen molar-refractivity contribution in [2.75, 3.05) is 26.2 Å². The third-order valence-corrected chi connectivity index (χ3v) is 18.3. The predicted octanol–water partition coefficient (Wildman–Crippen LogP) is 5.40. The van der Waals surface area contributed by atoms with Crippen LogP contribution in [0.2, 0.25) is 0 Å². The Bertz CT molecular complexity index is 2660. The van der Waals surface area contributed by atoms with Crippen molar-refractivity contribution in [3.05, 3.63) is 94.0 Å². The zero-order chi connectivity index (χ0) is 44.5. The molecule has 6 fully saturated rings. The van der Waals surface area contributed by atoms with Crippen molar-refractivity contribution in [2.24, 2.45) is 11.8 Å². The summed E-state index contributed by atoms with van der Waals surface area (Å²) in [6.07, 6.45) is 7.04. The molecule has 4 heterocycles. The van der Waals surface area contributed by atoms with E-state index in [9.17, 15) is 29.4 Å². The quantitative estimate of drug-likeness (QED) is 0.155. The zero-order valence-corrected chi connectivity index (χ0v) is 37.0. The maximum absolute atomic E-state index is 13.9. The monoisotopic (exact) mass is 890 g/mol. The van der Waals surface area contributed by atoms with Crippen LogP contribution >= 0.6 is 0 Å². The molecule has 4 aromatic carbocycles. The number of piperidine rings is 2. The number of ketones is 2. The number of aliphatic hydroxyl groups is 2. The van der Waals surface area contributed by atoms with Crippen LogP contribution in [0.15, 0.2) is 60.7 Å². The molecule has 12 nitrogen and oxygen atoms in total. The maximum Gasteiger partial charge on any atom is 0.315 e. The molecule has 10 aliphatic rings. The minimum absolute atomic E-state index is 0.00900. The Kier molecular flexibility index (Phi) is 8.32. The van der Waals surface area contributed by atoms with Gasteiger partial charge in [0, 0.05) is 49.1 Å². The van der Waals surface area contributed by atoms with Gasteiger partial charge in [0.25, 0.3) is 0 Å². The molecule has 0 aromatic heterocycles. The van der Waals surface area contributed by atoms with Crippen molar-refractivity contribution in [3.8, 4) is 23.0 Å². The minimum atomic E-state index is -1.11. The van der Waals surface area contributed by atoms with E-state index in [0.29, 0.717) is 61.9 Å². The minimum Gasteiger partial charge on any atom is -0.477 e. The Balaban J connectivity index is 0.717. The number of benzene rings is 4. The molecule has 4 aromatic rings. The Hall–Kier alpha value is -5.14. The Morgan fingerprint density at radius 1 is 0.606 bits per heavy atom. The van der Waals surface area contributed by atoms with Gasteiger partial charge in [-0.3, -0.25) is 29.0 Å². The van der Waals surface area contributed by atoms with Gasteiger partial charge < -0.3 is 29.2 Å². The molecule has 6 aliphatic carbocycles. The molecule has 0 amide bonds. The van der Waals surface area contributed by atoms with E-state index >= 15 is 0 Å². The van der Waals surface area contributed by atoms with E-state index in [-0.39, 0.29) is 60.8 Å². The average molecular weight is 891 g/mol. The summed E-state index contributed by atoms with van der Waals surface area (Å²) in [6.45, 7) is 3.53. The Labute approximate surface area is 382 Å². The summed E-state index contributed by atoms with van der Waals surface area (Å²) >= 11 is 0. The predicted molar refractivity (Wildman–Crippen MR) is 239 cm³/mol. The van der Waals surface area contributed by atoms with E-state index in [0.717, 1.165) is 70.3 Å². The first kappa shape index (κ1) is 40.0.